The number of hydrogen-bond acceptors (Lipinski definition) is 3. The molecule has 110 valence electrons. The number of urea groups is 1. The predicted molar refractivity (Wildman–Crippen MR) is 80.3 cm³/mol. The Morgan fingerprint density at radius 1 is 1.33 bits per heavy atom. The summed E-state index contributed by atoms with van der Waals surface area (Å²) in [7, 11) is 0. The van der Waals surface area contributed by atoms with Gasteiger partial charge in [0.15, 0.2) is 0 Å². The van der Waals surface area contributed by atoms with E-state index in [1.165, 1.54) is 0 Å². The molecule has 1 aliphatic rings. The largest absolute Gasteiger partial charge is 0.463 e. The molecule has 0 unspecified atom stereocenters. The van der Waals surface area contributed by atoms with Crippen LogP contribution in [0.5, 0.6) is 0 Å². The average Bonchev–Trinajstić information content (AvgIpc) is 2.45. The van der Waals surface area contributed by atoms with E-state index < -0.39 is 12.0 Å². The van der Waals surface area contributed by atoms with E-state index >= 15 is 0 Å². The molecular formula is C16H18N2O3. The van der Waals surface area contributed by atoms with Crippen molar-refractivity contribution in [1.82, 2.24) is 10.6 Å². The fourth-order valence-electron chi connectivity index (χ4n) is 2.13. The Labute approximate surface area is 123 Å². The maximum atomic E-state index is 12.0. The van der Waals surface area contributed by atoms with E-state index in [0.717, 1.165) is 5.56 Å². The molecule has 1 aromatic carbocycles. The molecule has 0 aliphatic carbocycles. The molecule has 2 N–H and O–H groups in total. The number of allylic oxidation sites excluding steroid dienone is 1. The summed E-state index contributed by atoms with van der Waals surface area (Å²) in [6, 6.07) is 8.83. The van der Waals surface area contributed by atoms with Crippen molar-refractivity contribution in [3.63, 3.8) is 0 Å². The van der Waals surface area contributed by atoms with E-state index in [1.807, 2.05) is 36.4 Å². The zero-order chi connectivity index (χ0) is 15.2. The van der Waals surface area contributed by atoms with Crippen LogP contribution < -0.4 is 10.6 Å². The molecule has 1 aromatic rings. The Morgan fingerprint density at radius 2 is 2.05 bits per heavy atom. The quantitative estimate of drug-likeness (QED) is 0.834. The molecule has 0 saturated heterocycles. The summed E-state index contributed by atoms with van der Waals surface area (Å²) in [5.74, 6) is -0.426. The lowest BCUT2D eigenvalue weighted by Crippen LogP contribution is -2.49. The van der Waals surface area contributed by atoms with E-state index in [4.69, 9.17) is 4.74 Å². The van der Waals surface area contributed by atoms with Gasteiger partial charge in [-0.05, 0) is 19.4 Å². The first-order valence-electron chi connectivity index (χ1n) is 6.80. The molecule has 0 saturated carbocycles. The van der Waals surface area contributed by atoms with Gasteiger partial charge in [-0.3, -0.25) is 0 Å². The molecule has 0 aromatic heterocycles. The standard InChI is InChI=1S/C16H18N2O3/c1-3-21-15(19)14-11(2)17-16(20)18-13(14)10-9-12-7-5-4-6-8-12/h4-10,13H,3H2,1-2H3,(H2,17,18,20)/b10-9-/t13-/m1/s1. The minimum atomic E-state index is -0.502. The van der Waals surface area contributed by atoms with Gasteiger partial charge in [-0.25, -0.2) is 9.59 Å². The van der Waals surface area contributed by atoms with Crippen LogP contribution in [0.3, 0.4) is 0 Å². The summed E-state index contributed by atoms with van der Waals surface area (Å²) in [6.45, 7) is 3.73. The Morgan fingerprint density at radius 3 is 2.71 bits per heavy atom. The number of carbonyl (C=O) groups is 2. The van der Waals surface area contributed by atoms with Crippen LogP contribution in [-0.4, -0.2) is 24.6 Å². The van der Waals surface area contributed by atoms with Gasteiger partial charge < -0.3 is 15.4 Å². The number of rotatable bonds is 4. The van der Waals surface area contributed by atoms with Gasteiger partial charge in [-0.15, -0.1) is 0 Å². The fourth-order valence-corrected chi connectivity index (χ4v) is 2.13. The lowest BCUT2D eigenvalue weighted by molar-refractivity contribution is -0.138. The minimum absolute atomic E-state index is 0.290. The van der Waals surface area contributed by atoms with Gasteiger partial charge in [-0.2, -0.15) is 0 Å². The van der Waals surface area contributed by atoms with Crippen LogP contribution in [0.1, 0.15) is 19.4 Å². The van der Waals surface area contributed by atoms with Crippen molar-refractivity contribution in [2.45, 2.75) is 19.9 Å². The SMILES string of the molecule is CCOC(=O)C1=C(C)NC(=O)N[C@@H]1/C=C\c1ccccc1. The highest BCUT2D eigenvalue weighted by Gasteiger charge is 2.28. The van der Waals surface area contributed by atoms with Gasteiger partial charge in [0, 0.05) is 5.70 Å². The maximum Gasteiger partial charge on any atom is 0.338 e. The van der Waals surface area contributed by atoms with E-state index in [-0.39, 0.29) is 6.03 Å². The molecule has 5 nitrogen and oxygen atoms in total. The third-order valence-corrected chi connectivity index (χ3v) is 3.08. The van der Waals surface area contributed by atoms with Crippen LogP contribution >= 0.6 is 0 Å². The van der Waals surface area contributed by atoms with Gasteiger partial charge in [-0.1, -0.05) is 42.5 Å². The van der Waals surface area contributed by atoms with Crippen LogP contribution in [0.25, 0.3) is 6.08 Å². The molecule has 2 amide bonds. The van der Waals surface area contributed by atoms with Crippen molar-refractivity contribution in [1.29, 1.82) is 0 Å². The smallest absolute Gasteiger partial charge is 0.338 e. The zero-order valence-corrected chi connectivity index (χ0v) is 12.1. The fraction of sp³-hybridized carbons (Fsp3) is 0.250. The second-order valence-electron chi connectivity index (χ2n) is 4.61. The first-order chi connectivity index (χ1) is 10.1. The Bertz CT molecular complexity index is 591. The summed E-state index contributed by atoms with van der Waals surface area (Å²) in [5.41, 5.74) is 1.93. The van der Waals surface area contributed by atoms with E-state index in [2.05, 4.69) is 10.6 Å². The van der Waals surface area contributed by atoms with Crippen molar-refractivity contribution < 1.29 is 14.3 Å². The Balaban J connectivity index is 2.26. The van der Waals surface area contributed by atoms with Crippen molar-refractivity contribution >= 4 is 18.1 Å². The number of nitrogens with one attached hydrogen (secondary N) is 2. The van der Waals surface area contributed by atoms with Crippen molar-refractivity contribution in [2.75, 3.05) is 6.61 Å². The van der Waals surface area contributed by atoms with Gasteiger partial charge in [0.05, 0.1) is 18.2 Å². The number of ether oxygens (including phenoxy) is 1. The third kappa shape index (κ3) is 3.72. The summed E-state index contributed by atoms with van der Waals surface area (Å²) in [4.78, 5) is 23.6. The molecule has 0 bridgehead atoms. The number of esters is 1. The zero-order valence-electron chi connectivity index (χ0n) is 12.1. The number of amides is 2. The summed E-state index contributed by atoms with van der Waals surface area (Å²) < 4.78 is 5.05. The van der Waals surface area contributed by atoms with Gasteiger partial charge in [0.25, 0.3) is 0 Å². The molecule has 1 heterocycles. The summed E-state index contributed by atoms with van der Waals surface area (Å²) in [6.07, 6.45) is 3.65. The summed E-state index contributed by atoms with van der Waals surface area (Å²) >= 11 is 0. The molecule has 0 fully saturated rings. The molecule has 0 radical (unpaired) electrons. The topological polar surface area (TPSA) is 67.4 Å². The molecule has 2 rings (SSSR count). The second-order valence-corrected chi connectivity index (χ2v) is 4.61. The highest BCUT2D eigenvalue weighted by molar-refractivity contribution is 5.95. The first kappa shape index (κ1) is 14.8. The second kappa shape index (κ2) is 6.74. The van der Waals surface area contributed by atoms with Crippen LogP contribution in [0.15, 0.2) is 47.7 Å². The maximum absolute atomic E-state index is 12.0. The molecule has 5 heteroatoms. The number of carbonyl (C=O) groups excluding carboxylic acids is 2. The normalized spacial score (nSPS) is 18.4. The van der Waals surface area contributed by atoms with Crippen LogP contribution in [0.4, 0.5) is 4.79 Å². The lowest BCUT2D eigenvalue weighted by Gasteiger charge is -2.25. The van der Waals surface area contributed by atoms with Gasteiger partial charge >= 0.3 is 12.0 Å². The molecule has 1 aliphatic heterocycles. The van der Waals surface area contributed by atoms with Crippen molar-refractivity contribution in [2.24, 2.45) is 0 Å². The summed E-state index contributed by atoms with van der Waals surface area (Å²) in [5, 5.41) is 5.30. The molecule has 1 atom stereocenters. The van der Waals surface area contributed by atoms with Gasteiger partial charge in [0.2, 0.25) is 0 Å². The van der Waals surface area contributed by atoms with E-state index in [9.17, 15) is 9.59 Å². The first-order valence-corrected chi connectivity index (χ1v) is 6.80. The Kier molecular flexibility index (Phi) is 4.77. The van der Waals surface area contributed by atoms with Crippen LogP contribution in [0.2, 0.25) is 0 Å². The Hall–Kier alpha value is -2.56. The highest BCUT2D eigenvalue weighted by atomic mass is 16.5. The predicted octanol–water partition coefficient (Wildman–Crippen LogP) is 2.22. The monoisotopic (exact) mass is 286 g/mol. The van der Waals surface area contributed by atoms with Gasteiger partial charge in [0.1, 0.15) is 0 Å². The minimum Gasteiger partial charge on any atom is -0.463 e. The third-order valence-electron chi connectivity index (χ3n) is 3.08. The molecule has 0 spiro atoms. The van der Waals surface area contributed by atoms with Crippen molar-refractivity contribution in [3.05, 3.63) is 53.2 Å². The van der Waals surface area contributed by atoms with Crippen LogP contribution in [0, 0.1) is 0 Å². The van der Waals surface area contributed by atoms with E-state index in [1.54, 1.807) is 19.9 Å². The highest BCUT2D eigenvalue weighted by Crippen LogP contribution is 2.16. The average molecular weight is 286 g/mol. The molecular weight excluding hydrogens is 268 g/mol. The van der Waals surface area contributed by atoms with Crippen molar-refractivity contribution in [3.8, 4) is 0 Å². The number of benzene rings is 1. The number of hydrogen-bond donors (Lipinski definition) is 2. The van der Waals surface area contributed by atoms with Crippen LogP contribution in [-0.2, 0) is 9.53 Å². The molecule has 21 heavy (non-hydrogen) atoms. The lowest BCUT2D eigenvalue weighted by atomic mass is 10.0. The van der Waals surface area contributed by atoms with E-state index in [0.29, 0.717) is 17.9 Å².